The van der Waals surface area contributed by atoms with Gasteiger partial charge in [0.2, 0.25) is 0 Å². The molecule has 1 atom stereocenters. The van der Waals surface area contributed by atoms with Gasteiger partial charge in [0.1, 0.15) is 18.2 Å². The highest BCUT2D eigenvalue weighted by Gasteiger charge is 2.16. The van der Waals surface area contributed by atoms with Crippen LogP contribution in [0.4, 0.5) is 4.39 Å². The van der Waals surface area contributed by atoms with Crippen LogP contribution in [-0.2, 0) is 4.74 Å². The standard InChI is InChI=1S/C15H16ClFO2/c16-6-2-1-4-12-8-13(17)10-15(9-12)19-11-14-5-3-7-18-14/h8-10,14H,2-3,5-7,11H2. The first kappa shape index (κ1) is 14.2. The third kappa shape index (κ3) is 4.74. The van der Waals surface area contributed by atoms with Crippen molar-refractivity contribution in [1.82, 2.24) is 0 Å². The molecule has 0 N–H and O–H groups in total. The van der Waals surface area contributed by atoms with E-state index in [-0.39, 0.29) is 11.9 Å². The molecule has 1 aromatic carbocycles. The van der Waals surface area contributed by atoms with Crippen LogP contribution < -0.4 is 4.74 Å². The number of ether oxygens (including phenoxy) is 2. The third-order valence-electron chi connectivity index (χ3n) is 2.78. The Labute approximate surface area is 117 Å². The molecule has 4 heteroatoms. The molecule has 1 unspecified atom stereocenters. The van der Waals surface area contributed by atoms with E-state index < -0.39 is 0 Å². The van der Waals surface area contributed by atoms with E-state index in [0.29, 0.717) is 30.2 Å². The van der Waals surface area contributed by atoms with Crippen LogP contribution in [0.15, 0.2) is 18.2 Å². The summed E-state index contributed by atoms with van der Waals surface area (Å²) in [5.41, 5.74) is 0.604. The number of hydrogen-bond acceptors (Lipinski definition) is 2. The SMILES string of the molecule is Fc1cc(C#CCCCl)cc(OCC2CCCO2)c1. The topological polar surface area (TPSA) is 18.5 Å². The van der Waals surface area contributed by atoms with Gasteiger partial charge in [0.25, 0.3) is 0 Å². The maximum absolute atomic E-state index is 13.4. The second-order valence-electron chi connectivity index (χ2n) is 4.36. The Balaban J connectivity index is 1.97. The van der Waals surface area contributed by atoms with Crippen LogP contribution in [0.5, 0.6) is 5.75 Å². The first-order valence-electron chi connectivity index (χ1n) is 6.38. The molecule has 1 fully saturated rings. The summed E-state index contributed by atoms with van der Waals surface area (Å²) in [6.07, 6.45) is 2.77. The molecule has 0 aliphatic carbocycles. The van der Waals surface area contributed by atoms with Crippen molar-refractivity contribution in [3.63, 3.8) is 0 Å². The van der Waals surface area contributed by atoms with E-state index in [1.807, 2.05) is 0 Å². The smallest absolute Gasteiger partial charge is 0.128 e. The minimum atomic E-state index is -0.347. The van der Waals surface area contributed by atoms with E-state index >= 15 is 0 Å². The van der Waals surface area contributed by atoms with Crippen molar-refractivity contribution in [2.24, 2.45) is 0 Å². The summed E-state index contributed by atoms with van der Waals surface area (Å²) in [5.74, 6) is 6.36. The molecular weight excluding hydrogens is 267 g/mol. The van der Waals surface area contributed by atoms with Gasteiger partial charge in [-0.25, -0.2) is 4.39 Å². The quantitative estimate of drug-likeness (QED) is 0.623. The molecule has 0 saturated carbocycles. The highest BCUT2D eigenvalue weighted by molar-refractivity contribution is 6.18. The van der Waals surface area contributed by atoms with E-state index in [1.54, 1.807) is 6.07 Å². The Kier molecular flexibility index (Phi) is 5.50. The van der Waals surface area contributed by atoms with E-state index in [1.165, 1.54) is 12.1 Å². The fourth-order valence-corrected chi connectivity index (χ4v) is 1.99. The van der Waals surface area contributed by atoms with Crippen molar-refractivity contribution in [1.29, 1.82) is 0 Å². The average molecular weight is 283 g/mol. The third-order valence-corrected chi connectivity index (χ3v) is 2.97. The lowest BCUT2D eigenvalue weighted by molar-refractivity contribution is 0.0678. The van der Waals surface area contributed by atoms with Crippen LogP contribution in [0.3, 0.4) is 0 Å². The predicted molar refractivity (Wildman–Crippen MR) is 73.1 cm³/mol. The molecule has 19 heavy (non-hydrogen) atoms. The fraction of sp³-hybridized carbons (Fsp3) is 0.467. The molecule has 0 radical (unpaired) electrons. The van der Waals surface area contributed by atoms with Gasteiger partial charge < -0.3 is 9.47 Å². The summed E-state index contributed by atoms with van der Waals surface area (Å²) in [4.78, 5) is 0. The van der Waals surface area contributed by atoms with Gasteiger partial charge in [-0.1, -0.05) is 11.8 Å². The number of rotatable bonds is 4. The Morgan fingerprint density at radius 1 is 1.42 bits per heavy atom. The van der Waals surface area contributed by atoms with E-state index in [0.717, 1.165) is 19.4 Å². The van der Waals surface area contributed by atoms with Crippen LogP contribution in [0.2, 0.25) is 0 Å². The maximum Gasteiger partial charge on any atom is 0.128 e. The number of alkyl halides is 1. The zero-order chi connectivity index (χ0) is 13.5. The Bertz CT molecular complexity index is 473. The summed E-state index contributed by atoms with van der Waals surface area (Å²) in [6, 6.07) is 4.49. The number of halogens is 2. The molecule has 1 aromatic rings. The van der Waals surface area contributed by atoms with Crippen molar-refractivity contribution in [2.75, 3.05) is 19.1 Å². The summed E-state index contributed by atoms with van der Waals surface area (Å²) >= 11 is 5.54. The summed E-state index contributed by atoms with van der Waals surface area (Å²) < 4.78 is 24.4. The van der Waals surface area contributed by atoms with Gasteiger partial charge >= 0.3 is 0 Å². The van der Waals surface area contributed by atoms with Crippen LogP contribution in [0.25, 0.3) is 0 Å². The molecule has 102 valence electrons. The minimum absolute atomic E-state index is 0.119. The largest absolute Gasteiger partial charge is 0.491 e. The van der Waals surface area contributed by atoms with Crippen LogP contribution in [-0.4, -0.2) is 25.2 Å². The van der Waals surface area contributed by atoms with Gasteiger partial charge in [-0.15, -0.1) is 11.6 Å². The molecular formula is C15H16ClFO2. The lowest BCUT2D eigenvalue weighted by atomic mass is 10.2. The minimum Gasteiger partial charge on any atom is -0.491 e. The summed E-state index contributed by atoms with van der Waals surface area (Å²) in [7, 11) is 0. The molecule has 1 aliphatic rings. The fourth-order valence-electron chi connectivity index (χ4n) is 1.89. The molecule has 1 aliphatic heterocycles. The zero-order valence-electron chi connectivity index (χ0n) is 10.6. The first-order valence-corrected chi connectivity index (χ1v) is 6.91. The highest BCUT2D eigenvalue weighted by Crippen LogP contribution is 2.18. The molecule has 2 nitrogen and oxygen atoms in total. The van der Waals surface area contributed by atoms with Gasteiger partial charge in [-0.05, 0) is 25.0 Å². The summed E-state index contributed by atoms with van der Waals surface area (Å²) in [5, 5.41) is 0. The second-order valence-corrected chi connectivity index (χ2v) is 4.74. The van der Waals surface area contributed by atoms with Crippen molar-refractivity contribution in [2.45, 2.75) is 25.4 Å². The maximum atomic E-state index is 13.4. The van der Waals surface area contributed by atoms with Gasteiger partial charge in [-0.3, -0.25) is 0 Å². The lowest BCUT2D eigenvalue weighted by Crippen LogP contribution is -2.16. The summed E-state index contributed by atoms with van der Waals surface area (Å²) in [6.45, 7) is 1.24. The highest BCUT2D eigenvalue weighted by atomic mass is 35.5. The predicted octanol–water partition coefficient (Wildman–Crippen LogP) is 3.36. The zero-order valence-corrected chi connectivity index (χ0v) is 11.4. The molecule has 0 bridgehead atoms. The monoisotopic (exact) mass is 282 g/mol. The van der Waals surface area contributed by atoms with Gasteiger partial charge in [-0.2, -0.15) is 0 Å². The molecule has 1 heterocycles. The number of benzene rings is 1. The molecule has 0 amide bonds. The van der Waals surface area contributed by atoms with Gasteiger partial charge in [0, 0.05) is 30.5 Å². The molecule has 1 saturated heterocycles. The van der Waals surface area contributed by atoms with Gasteiger partial charge in [0.05, 0.1) is 6.10 Å². The first-order chi connectivity index (χ1) is 9.28. The Morgan fingerprint density at radius 2 is 2.32 bits per heavy atom. The number of hydrogen-bond donors (Lipinski definition) is 0. The molecule has 2 rings (SSSR count). The van der Waals surface area contributed by atoms with Crippen LogP contribution in [0, 0.1) is 17.7 Å². The van der Waals surface area contributed by atoms with Crippen molar-refractivity contribution in [3.8, 4) is 17.6 Å². The second kappa shape index (κ2) is 7.37. The van der Waals surface area contributed by atoms with Crippen LogP contribution >= 0.6 is 11.6 Å². The van der Waals surface area contributed by atoms with E-state index in [9.17, 15) is 4.39 Å². The Morgan fingerprint density at radius 3 is 3.05 bits per heavy atom. The molecule has 0 spiro atoms. The van der Waals surface area contributed by atoms with Crippen molar-refractivity contribution in [3.05, 3.63) is 29.6 Å². The van der Waals surface area contributed by atoms with Crippen molar-refractivity contribution >= 4 is 11.6 Å². The molecule has 0 aromatic heterocycles. The normalized spacial score (nSPS) is 17.9. The van der Waals surface area contributed by atoms with Crippen molar-refractivity contribution < 1.29 is 13.9 Å². The van der Waals surface area contributed by atoms with E-state index in [4.69, 9.17) is 21.1 Å². The van der Waals surface area contributed by atoms with Gasteiger partial charge in [0.15, 0.2) is 0 Å². The van der Waals surface area contributed by atoms with E-state index in [2.05, 4.69) is 11.8 Å². The lowest BCUT2D eigenvalue weighted by Gasteiger charge is -2.11. The average Bonchev–Trinajstić information content (AvgIpc) is 2.89. The Hall–Kier alpha value is -1.24. The van der Waals surface area contributed by atoms with Crippen LogP contribution in [0.1, 0.15) is 24.8 Å².